The molecule has 0 aliphatic carbocycles. The molecular weight excluding hydrogens is 1150 g/mol. The van der Waals surface area contributed by atoms with E-state index in [4.69, 9.17) is 0 Å². The third-order valence-corrected chi connectivity index (χ3v) is 26.0. The van der Waals surface area contributed by atoms with Crippen LogP contribution in [0.25, 0.3) is 248 Å². The summed E-state index contributed by atoms with van der Waals surface area (Å²) in [6.07, 6.45) is 0. The Bertz CT molecular complexity index is 7200. The van der Waals surface area contributed by atoms with Gasteiger partial charge in [0.2, 0.25) is 0 Å². The number of rotatable bonds is 0. The third-order valence-electron chi connectivity index (χ3n) is 26.0. The molecule has 0 saturated carbocycles. The molecule has 0 aliphatic rings. The summed E-state index contributed by atoms with van der Waals surface area (Å²) >= 11 is 0. The molecule has 0 heterocycles. The molecule has 0 nitrogen and oxygen atoms in total. The van der Waals surface area contributed by atoms with E-state index in [1.165, 1.54) is 281 Å². The average molecular weight is 1230 g/mol. The van der Waals surface area contributed by atoms with Gasteiger partial charge in [-0.1, -0.05) is 161 Å². The van der Waals surface area contributed by atoms with Crippen molar-refractivity contribution in [2.45, 2.75) is 157 Å². The Hall–Kier alpha value is -9.36. The van der Waals surface area contributed by atoms with Gasteiger partial charge in [-0.2, -0.15) is 0 Å². The van der Waals surface area contributed by atoms with Crippen molar-refractivity contribution in [3.8, 4) is 0 Å². The minimum Gasteiger partial charge on any atom is -0.0610 e. The van der Waals surface area contributed by atoms with E-state index in [0.717, 1.165) is 0 Å². The lowest BCUT2D eigenvalue weighted by molar-refractivity contribution is 0.591. The van der Waals surface area contributed by atoms with Crippen LogP contribution in [0.4, 0.5) is 0 Å². The van der Waals surface area contributed by atoms with Crippen LogP contribution in [0, 0.1) is 0 Å². The zero-order valence-corrected chi connectivity index (χ0v) is 58.5. The molecule has 0 aliphatic heterocycles. The first-order valence-corrected chi connectivity index (χ1v) is 35.8. The minimum atomic E-state index is -0.137. The maximum Gasteiger partial charge on any atom is -0.0000238 e. The van der Waals surface area contributed by atoms with Gasteiger partial charge in [-0.25, -0.2) is 0 Å². The van der Waals surface area contributed by atoms with Crippen molar-refractivity contribution in [1.29, 1.82) is 0 Å². The molecule has 0 bridgehead atoms. The van der Waals surface area contributed by atoms with E-state index in [9.17, 15) is 0 Å². The van der Waals surface area contributed by atoms with Crippen LogP contribution in [0.5, 0.6) is 0 Å². The van der Waals surface area contributed by atoms with Crippen LogP contribution in [0.2, 0.25) is 0 Å². The Morgan fingerprint density at radius 1 is 0.125 bits per heavy atom. The highest BCUT2D eigenvalue weighted by Crippen LogP contribution is 2.68. The zero-order chi connectivity index (χ0) is 65.2. The quantitative estimate of drug-likeness (QED) is 0.105. The normalized spacial score (nSPS) is 15.0. The van der Waals surface area contributed by atoms with Crippen LogP contribution in [0.1, 0.15) is 158 Å². The summed E-state index contributed by atoms with van der Waals surface area (Å²) in [5.41, 5.74) is 7.66. The van der Waals surface area contributed by atoms with E-state index in [1.807, 2.05) is 0 Å². The second-order valence-electron chi connectivity index (χ2n) is 37.3. The summed E-state index contributed by atoms with van der Waals surface area (Å²) in [6, 6.07) is 52.4. The molecule has 0 amide bonds. The fraction of sp³-hybridized carbons (Fsp3) is 0.250. The Balaban J connectivity index is 1.13. The first-order chi connectivity index (χ1) is 45.5. The third kappa shape index (κ3) is 5.42. The molecule has 24 rings (SSSR count). The molecule has 0 saturated heterocycles. The molecule has 24 aromatic rings. The Morgan fingerprint density at radius 2 is 0.240 bits per heavy atom. The summed E-state index contributed by atoms with van der Waals surface area (Å²) in [5, 5.41) is 66.1. The van der Waals surface area contributed by atoms with Crippen LogP contribution in [0.15, 0.2) is 121 Å². The summed E-state index contributed by atoms with van der Waals surface area (Å²) in [6.45, 7) is 44.1. The predicted molar refractivity (Wildman–Crippen MR) is 427 cm³/mol. The van der Waals surface area contributed by atoms with E-state index in [-0.39, 0.29) is 32.5 Å². The van der Waals surface area contributed by atoms with Gasteiger partial charge in [-0.3, -0.25) is 0 Å². The van der Waals surface area contributed by atoms with Crippen LogP contribution in [-0.4, -0.2) is 0 Å². The molecule has 0 heteroatoms. The minimum absolute atomic E-state index is 0.105. The van der Waals surface area contributed by atoms with E-state index in [0.29, 0.717) is 0 Å². The van der Waals surface area contributed by atoms with Crippen molar-refractivity contribution >= 4 is 248 Å². The van der Waals surface area contributed by atoms with Gasteiger partial charge in [0, 0.05) is 0 Å². The molecule has 96 heavy (non-hydrogen) atoms. The number of hydrogen-bond acceptors (Lipinski definition) is 0. The van der Waals surface area contributed by atoms with Gasteiger partial charge in [0.25, 0.3) is 0 Å². The maximum absolute atomic E-state index is 2.81. The summed E-state index contributed by atoms with van der Waals surface area (Å²) in [4.78, 5) is 0. The van der Waals surface area contributed by atoms with Crippen molar-refractivity contribution in [3.05, 3.63) is 155 Å². The van der Waals surface area contributed by atoms with Crippen molar-refractivity contribution in [1.82, 2.24) is 0 Å². The highest BCUT2D eigenvalue weighted by molar-refractivity contribution is 6.68. The van der Waals surface area contributed by atoms with E-state index < -0.39 is 0 Å². The van der Waals surface area contributed by atoms with Gasteiger partial charge >= 0.3 is 0 Å². The molecule has 0 unspecified atom stereocenters. The zero-order valence-electron chi connectivity index (χ0n) is 58.5. The van der Waals surface area contributed by atoms with Gasteiger partial charge in [-0.05, 0) is 399 Å². The lowest BCUT2D eigenvalue weighted by Gasteiger charge is -2.34. The average Bonchev–Trinajstić information content (AvgIpc) is 0.625. The molecule has 0 spiro atoms. The van der Waals surface area contributed by atoms with E-state index >= 15 is 0 Å². The Labute approximate surface area is 556 Å². The van der Waals surface area contributed by atoms with Crippen LogP contribution >= 0.6 is 0 Å². The summed E-state index contributed by atoms with van der Waals surface area (Å²) in [5.74, 6) is 0. The molecule has 0 fully saturated rings. The standard InChI is InChI=1S/C96H74/c1-91(2,3)39-25-49-47-23-19-21-45-46-22-20-24-48-50-26-40(92(4,5)6)34-58-62-38-64-60-36-44(96(16,17)18)32-56-54-30-42(94(10,11)12)28-52-51-27-41(93(7,8)9)29-53-55-31-43(95(13,14)15)35-59-63-37-61-57(33-39)67(49)81-77(65(45)47)78(66(46)48)82(68(50)58)88-74(62)86-76(64)90-84(72(56)60)80(70(52)54)79(69(51)53)83(71(55)59)89(90)75(63)85(86)73(61)87(81)88/h19-38H,1-18H3. The molecule has 0 radical (unpaired) electrons. The highest BCUT2D eigenvalue weighted by Gasteiger charge is 2.40. The van der Waals surface area contributed by atoms with Crippen molar-refractivity contribution in [2.24, 2.45) is 0 Å². The molecule has 458 valence electrons. The van der Waals surface area contributed by atoms with Gasteiger partial charge in [0.05, 0.1) is 0 Å². The Morgan fingerprint density at radius 3 is 0.406 bits per heavy atom. The number of hydrogen-bond donors (Lipinski definition) is 0. The lowest BCUT2D eigenvalue weighted by atomic mass is 9.68. The highest BCUT2D eigenvalue weighted by atomic mass is 14.4. The van der Waals surface area contributed by atoms with Gasteiger partial charge in [0.15, 0.2) is 0 Å². The van der Waals surface area contributed by atoms with Gasteiger partial charge in [0.1, 0.15) is 0 Å². The van der Waals surface area contributed by atoms with Crippen molar-refractivity contribution in [2.75, 3.05) is 0 Å². The first-order valence-electron chi connectivity index (χ1n) is 35.8. The summed E-state index contributed by atoms with van der Waals surface area (Å²) < 4.78 is 0. The molecule has 0 aromatic heterocycles. The predicted octanol–water partition coefficient (Wildman–Crippen LogP) is 28.7. The van der Waals surface area contributed by atoms with Crippen LogP contribution < -0.4 is 0 Å². The number of fused-ring (bicyclic) bond motifs is 10. The van der Waals surface area contributed by atoms with Crippen molar-refractivity contribution < 1.29 is 0 Å². The maximum atomic E-state index is 2.81. The van der Waals surface area contributed by atoms with Crippen LogP contribution in [0.3, 0.4) is 0 Å². The van der Waals surface area contributed by atoms with Crippen molar-refractivity contribution in [3.63, 3.8) is 0 Å². The Kier molecular flexibility index (Phi) is 8.23. The van der Waals surface area contributed by atoms with Gasteiger partial charge in [-0.15, -0.1) is 0 Å². The van der Waals surface area contributed by atoms with E-state index in [1.54, 1.807) is 0 Å². The second kappa shape index (κ2) is 14.9. The fourth-order valence-electron chi connectivity index (χ4n) is 21.4. The smallest absolute Gasteiger partial charge is 0.0000238 e. The second-order valence-corrected chi connectivity index (χ2v) is 37.3. The van der Waals surface area contributed by atoms with E-state index in [2.05, 4.69) is 246 Å². The molecule has 24 aromatic carbocycles. The largest absolute Gasteiger partial charge is 0.0610 e. The first kappa shape index (κ1) is 52.9. The summed E-state index contributed by atoms with van der Waals surface area (Å²) in [7, 11) is 0. The molecule has 0 N–H and O–H groups in total. The molecular formula is C96H74. The lowest BCUT2D eigenvalue weighted by Crippen LogP contribution is -2.13. The van der Waals surface area contributed by atoms with Gasteiger partial charge < -0.3 is 0 Å². The molecule has 0 atom stereocenters. The number of benzene rings is 24. The SMILES string of the molecule is CC(C)(C)c1cc2c3cc(C(C)(C)C)cc4c5cc(C(C)(C)C)cc6c7cc8c9cc(C(C)(C)C)cc%10c%11cccc%12c%13cccc%14c%15cc(C(C)(C)C)cc%16c%17cc%18c%19cc(C(C)(C)C)cc%20c(c1)c2c1c(c34)c(c56)c2c7c3c8c4c(c%109)c(c%12%11)c(c%13%14)c(c%15%16)c4c%17c3c%18c2c1c%20%19. The topological polar surface area (TPSA) is 0 Å². The monoisotopic (exact) mass is 1230 g/mol. The van der Waals surface area contributed by atoms with Crippen LogP contribution in [-0.2, 0) is 32.5 Å². The fourth-order valence-corrected chi connectivity index (χ4v) is 21.4.